The van der Waals surface area contributed by atoms with Crippen molar-refractivity contribution in [3.05, 3.63) is 69.3 Å². The lowest BCUT2D eigenvalue weighted by Crippen LogP contribution is -2.32. The van der Waals surface area contributed by atoms with Gasteiger partial charge in [0.25, 0.3) is 10.0 Å². The van der Waals surface area contributed by atoms with E-state index in [1.54, 1.807) is 22.6 Å². The second-order valence-corrected chi connectivity index (χ2v) is 10.8. The van der Waals surface area contributed by atoms with Crippen molar-refractivity contribution < 1.29 is 8.42 Å². The number of hydrogen-bond donors (Lipinski definition) is 0. The molecule has 0 saturated heterocycles. The van der Waals surface area contributed by atoms with Crippen LogP contribution in [0.4, 0.5) is 0 Å². The van der Waals surface area contributed by atoms with E-state index in [1.165, 1.54) is 11.3 Å². The van der Waals surface area contributed by atoms with Gasteiger partial charge in [0.15, 0.2) is 0 Å². The van der Waals surface area contributed by atoms with Crippen molar-refractivity contribution in [2.24, 2.45) is 0 Å². The second-order valence-electron chi connectivity index (χ2n) is 6.20. The van der Waals surface area contributed by atoms with Gasteiger partial charge < -0.3 is 0 Å². The van der Waals surface area contributed by atoms with Crippen molar-refractivity contribution in [3.8, 4) is 0 Å². The molecule has 0 N–H and O–H groups in total. The number of rotatable bonds is 8. The SMILES string of the molecule is CCn1ncc(CN(CCc2ccccc2)S(=O)(=O)c2ccc(Br)s2)c1C. The third kappa shape index (κ3) is 4.68. The van der Waals surface area contributed by atoms with Crippen molar-refractivity contribution in [3.63, 3.8) is 0 Å². The molecule has 0 aliphatic rings. The Bertz CT molecular complexity index is 997. The molecule has 0 aliphatic carbocycles. The van der Waals surface area contributed by atoms with E-state index >= 15 is 0 Å². The van der Waals surface area contributed by atoms with Gasteiger partial charge in [0.1, 0.15) is 4.21 Å². The molecule has 2 aromatic heterocycles. The second kappa shape index (κ2) is 8.68. The van der Waals surface area contributed by atoms with Crippen molar-refractivity contribution in [2.75, 3.05) is 6.54 Å². The lowest BCUT2D eigenvalue weighted by Gasteiger charge is -2.21. The zero-order valence-electron chi connectivity index (χ0n) is 15.3. The number of sulfonamides is 1. The molecule has 0 saturated carbocycles. The third-order valence-electron chi connectivity index (χ3n) is 4.49. The molecule has 3 aromatic rings. The maximum absolute atomic E-state index is 13.2. The molecule has 0 amide bonds. The molecular weight excluding hydrogens is 446 g/mol. The number of halogens is 1. The summed E-state index contributed by atoms with van der Waals surface area (Å²) < 4.78 is 31.1. The van der Waals surface area contributed by atoms with Gasteiger partial charge in [-0.15, -0.1) is 11.3 Å². The summed E-state index contributed by atoms with van der Waals surface area (Å²) in [5, 5.41) is 4.35. The highest BCUT2D eigenvalue weighted by Gasteiger charge is 2.27. The first-order valence-corrected chi connectivity index (χ1v) is 11.8. The lowest BCUT2D eigenvalue weighted by molar-refractivity contribution is 0.409. The van der Waals surface area contributed by atoms with E-state index in [9.17, 15) is 8.42 Å². The van der Waals surface area contributed by atoms with Gasteiger partial charge in [-0.25, -0.2) is 8.42 Å². The Balaban J connectivity index is 1.89. The average Bonchev–Trinajstić information content (AvgIpc) is 3.25. The van der Waals surface area contributed by atoms with Gasteiger partial charge in [-0.3, -0.25) is 4.68 Å². The van der Waals surface area contributed by atoms with Crippen molar-refractivity contribution in [2.45, 2.75) is 37.6 Å². The Morgan fingerprint density at radius 1 is 1.19 bits per heavy atom. The monoisotopic (exact) mass is 467 g/mol. The van der Waals surface area contributed by atoms with Crippen LogP contribution >= 0.6 is 27.3 Å². The van der Waals surface area contributed by atoms with Gasteiger partial charge >= 0.3 is 0 Å². The summed E-state index contributed by atoms with van der Waals surface area (Å²) in [5.74, 6) is 0. The van der Waals surface area contributed by atoms with Crippen LogP contribution in [0, 0.1) is 6.92 Å². The Morgan fingerprint density at radius 3 is 2.52 bits per heavy atom. The molecule has 3 rings (SSSR count). The van der Waals surface area contributed by atoms with Gasteiger partial charge in [-0.05, 0) is 53.9 Å². The molecule has 5 nitrogen and oxygen atoms in total. The number of benzene rings is 1. The molecule has 2 heterocycles. The van der Waals surface area contributed by atoms with Crippen LogP contribution in [-0.4, -0.2) is 29.0 Å². The van der Waals surface area contributed by atoms with E-state index in [0.717, 1.165) is 27.2 Å². The number of nitrogens with zero attached hydrogens (tertiary/aromatic N) is 3. The van der Waals surface area contributed by atoms with Gasteiger partial charge in [0, 0.05) is 30.9 Å². The normalized spacial score (nSPS) is 12.0. The van der Waals surface area contributed by atoms with Gasteiger partial charge in [-0.2, -0.15) is 9.40 Å². The fourth-order valence-corrected chi connectivity index (χ4v) is 6.48. The minimum absolute atomic E-state index is 0.316. The predicted octanol–water partition coefficient (Wildman–Crippen LogP) is 4.47. The lowest BCUT2D eigenvalue weighted by atomic mass is 10.1. The maximum atomic E-state index is 13.2. The standard InChI is InChI=1S/C19H22BrN3O2S2/c1-3-23-15(2)17(13-21-23)14-22(12-11-16-7-5-4-6-8-16)27(24,25)19-10-9-18(20)26-19/h4-10,13H,3,11-12,14H2,1-2H3. The molecule has 0 fully saturated rings. The van der Waals surface area contributed by atoms with Crippen LogP contribution in [0.1, 0.15) is 23.7 Å². The molecule has 144 valence electrons. The van der Waals surface area contributed by atoms with Gasteiger partial charge in [0.2, 0.25) is 0 Å². The summed E-state index contributed by atoms with van der Waals surface area (Å²) in [6, 6.07) is 13.4. The quantitative estimate of drug-likeness (QED) is 0.490. The molecule has 0 atom stereocenters. The highest BCUT2D eigenvalue weighted by Crippen LogP contribution is 2.29. The first kappa shape index (κ1) is 20.3. The largest absolute Gasteiger partial charge is 0.270 e. The molecule has 0 spiro atoms. The summed E-state index contributed by atoms with van der Waals surface area (Å²) in [7, 11) is -3.58. The molecule has 1 aromatic carbocycles. The Kier molecular flexibility index (Phi) is 6.52. The first-order valence-electron chi connectivity index (χ1n) is 8.72. The van der Waals surface area contributed by atoms with Crippen LogP contribution in [-0.2, 0) is 29.5 Å². The van der Waals surface area contributed by atoms with E-state index in [-0.39, 0.29) is 0 Å². The van der Waals surface area contributed by atoms with Crippen molar-refractivity contribution in [1.82, 2.24) is 14.1 Å². The summed E-state index contributed by atoms with van der Waals surface area (Å²) in [6.07, 6.45) is 2.43. The number of aryl methyl sites for hydroxylation is 1. The van der Waals surface area contributed by atoms with E-state index in [2.05, 4.69) is 21.0 Å². The van der Waals surface area contributed by atoms with Crippen LogP contribution in [0.3, 0.4) is 0 Å². The molecule has 27 heavy (non-hydrogen) atoms. The van der Waals surface area contributed by atoms with E-state index in [0.29, 0.717) is 23.7 Å². The summed E-state index contributed by atoms with van der Waals surface area (Å²) >= 11 is 4.60. The fourth-order valence-electron chi connectivity index (χ4n) is 2.90. The van der Waals surface area contributed by atoms with E-state index < -0.39 is 10.0 Å². The number of aromatic nitrogens is 2. The van der Waals surface area contributed by atoms with Gasteiger partial charge in [0.05, 0.1) is 9.98 Å². The van der Waals surface area contributed by atoms with Crippen LogP contribution in [0.25, 0.3) is 0 Å². The zero-order valence-corrected chi connectivity index (χ0v) is 18.5. The predicted molar refractivity (Wildman–Crippen MR) is 112 cm³/mol. The molecule has 0 unspecified atom stereocenters. The molecule has 0 radical (unpaired) electrons. The topological polar surface area (TPSA) is 55.2 Å². The summed E-state index contributed by atoms with van der Waals surface area (Å²) in [4.78, 5) is 0. The zero-order chi connectivity index (χ0) is 19.4. The Morgan fingerprint density at radius 2 is 1.93 bits per heavy atom. The van der Waals surface area contributed by atoms with Crippen LogP contribution in [0.5, 0.6) is 0 Å². The summed E-state index contributed by atoms with van der Waals surface area (Å²) in [6.45, 7) is 5.50. The van der Waals surface area contributed by atoms with Gasteiger partial charge in [-0.1, -0.05) is 30.3 Å². The maximum Gasteiger partial charge on any atom is 0.252 e. The third-order valence-corrected chi connectivity index (χ3v) is 8.42. The van der Waals surface area contributed by atoms with Crippen molar-refractivity contribution >= 4 is 37.3 Å². The van der Waals surface area contributed by atoms with E-state index in [1.807, 2.05) is 48.9 Å². The minimum atomic E-state index is -3.58. The van der Waals surface area contributed by atoms with Crippen LogP contribution < -0.4 is 0 Å². The highest BCUT2D eigenvalue weighted by molar-refractivity contribution is 9.11. The number of thiophene rings is 1. The van der Waals surface area contributed by atoms with Crippen LogP contribution in [0.2, 0.25) is 0 Å². The van der Waals surface area contributed by atoms with Crippen LogP contribution in [0.15, 0.2) is 56.7 Å². The summed E-state index contributed by atoms with van der Waals surface area (Å²) in [5.41, 5.74) is 3.06. The molecule has 8 heteroatoms. The molecule has 0 bridgehead atoms. The minimum Gasteiger partial charge on any atom is -0.270 e. The molecular formula is C19H22BrN3O2S2. The number of hydrogen-bond acceptors (Lipinski definition) is 4. The van der Waals surface area contributed by atoms with E-state index in [4.69, 9.17) is 0 Å². The first-order chi connectivity index (χ1) is 12.9. The highest BCUT2D eigenvalue weighted by atomic mass is 79.9. The average molecular weight is 468 g/mol. The fraction of sp³-hybridized carbons (Fsp3) is 0.316. The smallest absolute Gasteiger partial charge is 0.252 e. The molecule has 0 aliphatic heterocycles. The Labute approximate surface area is 172 Å². The Hall–Kier alpha value is -1.48. The van der Waals surface area contributed by atoms with Crippen molar-refractivity contribution in [1.29, 1.82) is 0 Å².